The number of carbonyl (C=O) groups excluding carboxylic acids is 1. The Morgan fingerprint density at radius 3 is 2.70 bits per heavy atom. The first-order chi connectivity index (χ1) is 9.47. The average Bonchev–Trinajstić information content (AvgIpc) is 2.37. The zero-order valence-corrected chi connectivity index (χ0v) is 13.6. The third-order valence-electron chi connectivity index (χ3n) is 2.55. The van der Waals surface area contributed by atoms with E-state index >= 15 is 0 Å². The van der Waals surface area contributed by atoms with Gasteiger partial charge in [0.15, 0.2) is 18.1 Å². The summed E-state index contributed by atoms with van der Waals surface area (Å²) in [4.78, 5) is 11.3. The van der Waals surface area contributed by atoms with Crippen LogP contribution in [0.1, 0.15) is 19.4 Å². The Morgan fingerprint density at radius 1 is 1.45 bits per heavy atom. The molecule has 3 N–H and O–H groups in total. The van der Waals surface area contributed by atoms with Gasteiger partial charge in [-0.15, -0.1) is 0 Å². The van der Waals surface area contributed by atoms with Gasteiger partial charge in [-0.25, -0.2) is 0 Å². The summed E-state index contributed by atoms with van der Waals surface area (Å²) in [6.45, 7) is 4.31. The molecule has 5 nitrogen and oxygen atoms in total. The van der Waals surface area contributed by atoms with Crippen LogP contribution in [0.3, 0.4) is 0 Å². The van der Waals surface area contributed by atoms with Crippen LogP contribution in [0.4, 0.5) is 0 Å². The quantitative estimate of drug-likeness (QED) is 0.791. The maximum atomic E-state index is 11.3. The van der Waals surface area contributed by atoms with Crippen LogP contribution in [-0.4, -0.2) is 32.2 Å². The molecular weight excluding hydrogens is 324 g/mol. The zero-order valence-electron chi connectivity index (χ0n) is 12.0. The largest absolute Gasteiger partial charge is 0.490 e. The number of nitrogens with two attached hydrogens (primary N) is 1. The lowest BCUT2D eigenvalue weighted by atomic mass is 10.1. The predicted octanol–water partition coefficient (Wildman–Crippen LogP) is 1.86. The molecule has 0 saturated heterocycles. The minimum Gasteiger partial charge on any atom is -0.490 e. The molecule has 0 aliphatic rings. The lowest BCUT2D eigenvalue weighted by Crippen LogP contribution is -2.25. The summed E-state index contributed by atoms with van der Waals surface area (Å²) in [6.07, 6.45) is 0.744. The maximum Gasteiger partial charge on any atom is 0.257 e. The van der Waals surface area contributed by atoms with Crippen molar-refractivity contribution < 1.29 is 14.3 Å². The van der Waals surface area contributed by atoms with E-state index in [0.29, 0.717) is 18.1 Å². The van der Waals surface area contributed by atoms with Crippen LogP contribution in [0.2, 0.25) is 0 Å². The maximum absolute atomic E-state index is 11.3. The van der Waals surface area contributed by atoms with Crippen LogP contribution >= 0.6 is 15.9 Å². The third kappa shape index (κ3) is 5.02. The molecule has 1 unspecified atom stereocenters. The van der Waals surface area contributed by atoms with Gasteiger partial charge in [-0.1, -0.05) is 0 Å². The number of amides is 1. The van der Waals surface area contributed by atoms with Crippen LogP contribution in [0.25, 0.3) is 0 Å². The minimum absolute atomic E-state index is 0.0538. The van der Waals surface area contributed by atoms with Gasteiger partial charge >= 0.3 is 0 Å². The number of ether oxygens (including phenoxy) is 2. The molecule has 0 saturated carbocycles. The summed E-state index contributed by atoms with van der Waals surface area (Å²) in [6, 6.07) is 3.90. The highest BCUT2D eigenvalue weighted by atomic mass is 79.9. The highest BCUT2D eigenvalue weighted by molar-refractivity contribution is 9.10. The van der Waals surface area contributed by atoms with Crippen molar-refractivity contribution in [2.45, 2.75) is 26.3 Å². The van der Waals surface area contributed by atoms with E-state index in [4.69, 9.17) is 15.2 Å². The van der Waals surface area contributed by atoms with Crippen LogP contribution in [0.5, 0.6) is 11.5 Å². The molecule has 0 aromatic heterocycles. The van der Waals surface area contributed by atoms with E-state index < -0.39 is 0 Å². The van der Waals surface area contributed by atoms with Gasteiger partial charge in [-0.2, -0.15) is 0 Å². The molecule has 1 rings (SSSR count). The van der Waals surface area contributed by atoms with Crippen LogP contribution in [-0.2, 0) is 11.2 Å². The highest BCUT2D eigenvalue weighted by Gasteiger charge is 2.14. The number of benzene rings is 1. The zero-order chi connectivity index (χ0) is 15.1. The van der Waals surface area contributed by atoms with Crippen molar-refractivity contribution in [1.29, 1.82) is 0 Å². The van der Waals surface area contributed by atoms with Gasteiger partial charge in [0.1, 0.15) is 0 Å². The third-order valence-corrected chi connectivity index (χ3v) is 3.14. The van der Waals surface area contributed by atoms with Crippen LogP contribution in [0, 0.1) is 0 Å². The monoisotopic (exact) mass is 344 g/mol. The molecule has 0 bridgehead atoms. The number of rotatable bonds is 7. The van der Waals surface area contributed by atoms with Gasteiger partial charge in [-0.3, -0.25) is 4.79 Å². The summed E-state index contributed by atoms with van der Waals surface area (Å²) in [7, 11) is 1.57. The molecule has 1 aromatic carbocycles. The Kier molecular flexibility index (Phi) is 6.81. The Morgan fingerprint density at radius 2 is 2.15 bits per heavy atom. The van der Waals surface area contributed by atoms with Gasteiger partial charge < -0.3 is 20.5 Å². The van der Waals surface area contributed by atoms with Crippen molar-refractivity contribution in [2.75, 3.05) is 20.3 Å². The second-order valence-electron chi connectivity index (χ2n) is 4.48. The Bertz CT molecular complexity index is 464. The van der Waals surface area contributed by atoms with Crippen molar-refractivity contribution in [3.05, 3.63) is 22.2 Å². The summed E-state index contributed by atoms with van der Waals surface area (Å²) in [5.41, 5.74) is 6.87. The second kappa shape index (κ2) is 8.11. The molecule has 0 aliphatic carbocycles. The standard InChI is InChI=1S/C14H21BrN2O3/c1-4-19-12-7-10(5-9(2)16)6-11(15)14(12)20-8-13(18)17-3/h6-7,9H,4-5,8,16H2,1-3H3,(H,17,18). The van der Waals surface area contributed by atoms with Crippen molar-refractivity contribution in [1.82, 2.24) is 5.32 Å². The number of hydrogen-bond donors (Lipinski definition) is 2. The molecule has 1 atom stereocenters. The highest BCUT2D eigenvalue weighted by Crippen LogP contribution is 2.37. The summed E-state index contributed by atoms with van der Waals surface area (Å²) < 4.78 is 11.8. The van der Waals surface area contributed by atoms with Gasteiger partial charge in [0, 0.05) is 13.1 Å². The van der Waals surface area contributed by atoms with Gasteiger partial charge in [0.05, 0.1) is 11.1 Å². The van der Waals surface area contributed by atoms with Gasteiger partial charge in [-0.05, 0) is 53.9 Å². The Hall–Kier alpha value is -1.27. The van der Waals surface area contributed by atoms with Crippen molar-refractivity contribution in [3.8, 4) is 11.5 Å². The second-order valence-corrected chi connectivity index (χ2v) is 5.34. The molecule has 0 fully saturated rings. The van der Waals surface area contributed by atoms with Crippen molar-refractivity contribution >= 4 is 21.8 Å². The lowest BCUT2D eigenvalue weighted by molar-refractivity contribution is -0.122. The Labute approximate surface area is 127 Å². The van der Waals surface area contributed by atoms with E-state index in [1.807, 2.05) is 26.0 Å². The normalized spacial score (nSPS) is 11.8. The smallest absolute Gasteiger partial charge is 0.257 e. The molecule has 6 heteroatoms. The van der Waals surface area contributed by atoms with E-state index in [1.54, 1.807) is 7.05 Å². The van der Waals surface area contributed by atoms with E-state index in [0.717, 1.165) is 16.5 Å². The number of hydrogen-bond acceptors (Lipinski definition) is 4. The molecule has 1 amide bonds. The topological polar surface area (TPSA) is 73.6 Å². The summed E-state index contributed by atoms with van der Waals surface area (Å²) in [5, 5.41) is 2.51. The molecule has 112 valence electrons. The number of carbonyl (C=O) groups is 1. The lowest BCUT2D eigenvalue weighted by Gasteiger charge is -2.15. The summed E-state index contributed by atoms with van der Waals surface area (Å²) >= 11 is 3.45. The van der Waals surface area contributed by atoms with Crippen LogP contribution < -0.4 is 20.5 Å². The molecule has 0 aliphatic heterocycles. The fraction of sp³-hybridized carbons (Fsp3) is 0.500. The number of nitrogens with one attached hydrogen (secondary N) is 1. The first kappa shape index (κ1) is 16.8. The average molecular weight is 345 g/mol. The fourth-order valence-corrected chi connectivity index (χ4v) is 2.33. The SMILES string of the molecule is CCOc1cc(CC(C)N)cc(Br)c1OCC(=O)NC. The predicted molar refractivity (Wildman–Crippen MR) is 82.2 cm³/mol. The Balaban J connectivity index is 2.99. The van der Waals surface area contributed by atoms with E-state index in [9.17, 15) is 4.79 Å². The molecular formula is C14H21BrN2O3. The molecule has 0 radical (unpaired) electrons. The van der Waals surface area contributed by atoms with E-state index in [2.05, 4.69) is 21.2 Å². The van der Waals surface area contributed by atoms with Crippen molar-refractivity contribution in [2.24, 2.45) is 5.73 Å². The minimum atomic E-state index is -0.195. The first-order valence-electron chi connectivity index (χ1n) is 6.52. The van der Waals surface area contributed by atoms with Crippen molar-refractivity contribution in [3.63, 3.8) is 0 Å². The fourth-order valence-electron chi connectivity index (χ4n) is 1.72. The molecule has 0 spiro atoms. The van der Waals surface area contributed by atoms with Gasteiger partial charge in [0.25, 0.3) is 5.91 Å². The van der Waals surface area contributed by atoms with E-state index in [-0.39, 0.29) is 18.6 Å². The first-order valence-corrected chi connectivity index (χ1v) is 7.31. The molecule has 0 heterocycles. The number of likely N-dealkylation sites (N-methyl/N-ethyl adjacent to an activating group) is 1. The summed E-state index contributed by atoms with van der Waals surface area (Å²) in [5.74, 6) is 0.948. The number of halogens is 1. The molecule has 20 heavy (non-hydrogen) atoms. The molecule has 1 aromatic rings. The van der Waals surface area contributed by atoms with Crippen LogP contribution in [0.15, 0.2) is 16.6 Å². The van der Waals surface area contributed by atoms with E-state index in [1.165, 1.54) is 0 Å². The van der Waals surface area contributed by atoms with Gasteiger partial charge in [0.2, 0.25) is 0 Å².